The number of aromatic nitrogens is 1. The molecule has 3 aromatic rings. The van der Waals surface area contributed by atoms with Crippen molar-refractivity contribution in [1.82, 2.24) is 4.98 Å². The number of fused-ring (bicyclic) bond motifs is 1. The second-order valence-electron chi connectivity index (χ2n) is 8.10. The first-order valence-corrected chi connectivity index (χ1v) is 10.6. The monoisotopic (exact) mass is 480 g/mol. The third-order valence-electron chi connectivity index (χ3n) is 5.79. The zero-order valence-electron chi connectivity index (χ0n) is 18.1. The summed E-state index contributed by atoms with van der Waals surface area (Å²) in [5.41, 5.74) is 4.42. The van der Waals surface area contributed by atoms with Gasteiger partial charge in [0.05, 0.1) is 5.69 Å². The average molecular weight is 480 g/mol. The number of amides is 3. The van der Waals surface area contributed by atoms with E-state index in [1.165, 1.54) is 36.5 Å². The van der Waals surface area contributed by atoms with Crippen LogP contribution in [0.25, 0.3) is 0 Å². The van der Waals surface area contributed by atoms with Crippen molar-refractivity contribution in [3.63, 3.8) is 0 Å². The van der Waals surface area contributed by atoms with Crippen molar-refractivity contribution in [2.24, 2.45) is 11.1 Å². The number of ether oxygens (including phenoxy) is 2. The predicted molar refractivity (Wildman–Crippen MR) is 119 cm³/mol. The molecule has 1 aliphatic carbocycles. The zero-order chi connectivity index (χ0) is 24.7. The highest BCUT2D eigenvalue weighted by Crippen LogP contribution is 2.49. The van der Waals surface area contributed by atoms with Crippen LogP contribution in [0.2, 0.25) is 0 Å². The number of primary amides is 1. The molecule has 1 aliphatic heterocycles. The van der Waals surface area contributed by atoms with Gasteiger partial charge >= 0.3 is 0 Å². The lowest BCUT2D eigenvalue weighted by molar-refractivity contribution is -0.133. The van der Waals surface area contributed by atoms with Gasteiger partial charge in [0.15, 0.2) is 29.7 Å². The van der Waals surface area contributed by atoms with Crippen molar-refractivity contribution in [1.29, 1.82) is 0 Å². The molecule has 0 radical (unpaired) electrons. The second kappa shape index (κ2) is 8.35. The Kier molecular flexibility index (Phi) is 5.31. The van der Waals surface area contributed by atoms with Gasteiger partial charge < -0.3 is 20.5 Å². The van der Waals surface area contributed by atoms with Crippen molar-refractivity contribution >= 4 is 34.9 Å². The summed E-state index contributed by atoms with van der Waals surface area (Å²) in [6.07, 6.45) is 1.90. The molecule has 1 saturated carbocycles. The first-order chi connectivity index (χ1) is 16.8. The van der Waals surface area contributed by atoms with E-state index < -0.39 is 28.9 Å². The highest BCUT2D eigenvalue weighted by Gasteiger charge is 2.57. The fourth-order valence-corrected chi connectivity index (χ4v) is 3.75. The number of pyridine rings is 1. The molecule has 35 heavy (non-hydrogen) atoms. The Morgan fingerprint density at radius 1 is 1.06 bits per heavy atom. The van der Waals surface area contributed by atoms with Crippen molar-refractivity contribution in [2.75, 3.05) is 16.8 Å². The third kappa shape index (κ3) is 4.01. The molecule has 2 aromatic carbocycles. The van der Waals surface area contributed by atoms with Crippen LogP contribution in [0.4, 0.5) is 26.0 Å². The van der Waals surface area contributed by atoms with Crippen LogP contribution < -0.4 is 25.4 Å². The average Bonchev–Trinajstić information content (AvgIpc) is 3.64. The van der Waals surface area contributed by atoms with Gasteiger partial charge in [-0.05, 0) is 49.2 Å². The van der Waals surface area contributed by atoms with Crippen LogP contribution in [0.1, 0.15) is 12.8 Å². The highest BCUT2D eigenvalue weighted by atomic mass is 19.1. The number of hydrogen-bond donors (Lipinski definition) is 2. The molecule has 0 bridgehead atoms. The fraction of sp³-hybridized carbons (Fsp3) is 0.167. The smallest absolute Gasteiger partial charge is 0.263 e. The Bertz CT molecular complexity index is 1360. The van der Waals surface area contributed by atoms with Gasteiger partial charge in [-0.1, -0.05) is 0 Å². The normalized spacial score (nSPS) is 15.3. The number of halogens is 2. The molecule has 9 nitrogen and oxygen atoms in total. The van der Waals surface area contributed by atoms with E-state index in [9.17, 15) is 18.8 Å². The number of nitrogens with zero attached hydrogens (tertiary/aromatic N) is 2. The van der Waals surface area contributed by atoms with Crippen molar-refractivity contribution in [2.45, 2.75) is 12.8 Å². The van der Waals surface area contributed by atoms with Crippen molar-refractivity contribution < 1.29 is 32.6 Å². The lowest BCUT2D eigenvalue weighted by atomic mass is 10.0. The van der Waals surface area contributed by atoms with Gasteiger partial charge in [-0.2, -0.15) is 0 Å². The number of nitrogens with two attached hydrogens (primary N) is 1. The largest absolute Gasteiger partial charge is 0.476 e. The number of hydrogen-bond acceptors (Lipinski definition) is 6. The third-order valence-corrected chi connectivity index (χ3v) is 5.79. The van der Waals surface area contributed by atoms with E-state index in [2.05, 4.69) is 10.3 Å². The Balaban J connectivity index is 1.49. The topological polar surface area (TPSA) is 124 Å². The highest BCUT2D eigenvalue weighted by molar-refractivity contribution is 6.16. The van der Waals surface area contributed by atoms with Crippen molar-refractivity contribution in [3.8, 4) is 17.2 Å². The minimum absolute atomic E-state index is 0.0965. The molecule has 5 rings (SSSR count). The maximum Gasteiger partial charge on any atom is 0.263 e. The van der Waals surface area contributed by atoms with Gasteiger partial charge in [0.2, 0.25) is 17.6 Å². The molecule has 178 valence electrons. The Morgan fingerprint density at radius 2 is 1.77 bits per heavy atom. The molecule has 0 unspecified atom stereocenters. The summed E-state index contributed by atoms with van der Waals surface area (Å²) in [4.78, 5) is 42.0. The molecule has 0 atom stereocenters. The number of rotatable bonds is 6. The van der Waals surface area contributed by atoms with Gasteiger partial charge in [-0.3, -0.25) is 19.3 Å². The molecule has 11 heteroatoms. The van der Waals surface area contributed by atoms with Crippen LogP contribution in [-0.4, -0.2) is 29.3 Å². The Hall–Kier alpha value is -4.54. The zero-order valence-corrected chi connectivity index (χ0v) is 18.1. The maximum absolute atomic E-state index is 15.2. The molecule has 0 saturated heterocycles. The van der Waals surface area contributed by atoms with E-state index in [1.807, 2.05) is 0 Å². The van der Waals surface area contributed by atoms with E-state index in [0.29, 0.717) is 0 Å². The quantitative estimate of drug-likeness (QED) is 0.521. The maximum atomic E-state index is 15.2. The van der Waals surface area contributed by atoms with Crippen LogP contribution in [0, 0.1) is 17.0 Å². The first kappa shape index (κ1) is 22.3. The molecule has 2 aliphatic rings. The molecule has 3 N–H and O–H groups in total. The Morgan fingerprint density at radius 3 is 2.43 bits per heavy atom. The molecule has 0 spiro atoms. The number of carbonyl (C=O) groups excluding carboxylic acids is 3. The number of nitrogens with one attached hydrogen (secondary N) is 1. The van der Waals surface area contributed by atoms with Gasteiger partial charge in [0.1, 0.15) is 11.2 Å². The molecular weight excluding hydrogens is 462 g/mol. The van der Waals surface area contributed by atoms with Crippen LogP contribution in [-0.2, 0) is 14.4 Å². The predicted octanol–water partition coefficient (Wildman–Crippen LogP) is 3.41. The minimum atomic E-state index is -1.39. The molecule has 1 aromatic heterocycles. The molecule has 3 amide bonds. The fourth-order valence-electron chi connectivity index (χ4n) is 3.75. The number of carbonyl (C=O) groups is 3. The summed E-state index contributed by atoms with van der Waals surface area (Å²) in [5, 5.41) is 2.53. The van der Waals surface area contributed by atoms with Gasteiger partial charge in [-0.15, -0.1) is 0 Å². The summed E-state index contributed by atoms with van der Waals surface area (Å²) in [6, 6.07) is 10.2. The molecule has 1 fully saturated rings. The van der Waals surface area contributed by atoms with E-state index in [1.54, 1.807) is 0 Å². The van der Waals surface area contributed by atoms with E-state index in [0.717, 1.165) is 23.1 Å². The van der Waals surface area contributed by atoms with Gasteiger partial charge in [0, 0.05) is 24.0 Å². The standard InChI is InChI=1S/C24H18F2N4O5/c25-13-1-3-14(4-2-13)30(23(33)24(8-9-24)22(27)32)15-5-6-17(16(26)11-15)35-18-7-10-28-21-20(18)34-12-19(31)29-21/h1-7,10-11H,8-9,12H2,(H2,27,32)(H,28,29,31). The number of benzene rings is 2. The van der Waals surface area contributed by atoms with Gasteiger partial charge in [-0.25, -0.2) is 13.8 Å². The first-order valence-electron chi connectivity index (χ1n) is 10.6. The minimum Gasteiger partial charge on any atom is -0.476 e. The summed E-state index contributed by atoms with van der Waals surface area (Å²) in [7, 11) is 0. The number of anilines is 3. The van der Waals surface area contributed by atoms with Crippen LogP contribution >= 0.6 is 0 Å². The van der Waals surface area contributed by atoms with E-state index >= 15 is 4.39 Å². The SMILES string of the molecule is NC(=O)C1(C(=O)N(c2ccc(F)cc2)c2ccc(Oc3ccnc4c3OCC(=O)N4)c(F)c2)CC1. The van der Waals surface area contributed by atoms with E-state index in [4.69, 9.17) is 15.2 Å². The Labute approximate surface area is 197 Å². The van der Waals surface area contributed by atoms with Crippen LogP contribution in [0.3, 0.4) is 0 Å². The summed E-state index contributed by atoms with van der Waals surface area (Å²) in [5.74, 6) is -2.90. The van der Waals surface area contributed by atoms with E-state index in [-0.39, 0.29) is 59.8 Å². The summed E-state index contributed by atoms with van der Waals surface area (Å²) < 4.78 is 39.7. The lowest BCUT2D eigenvalue weighted by Gasteiger charge is -2.27. The summed E-state index contributed by atoms with van der Waals surface area (Å²) >= 11 is 0. The molecule has 2 heterocycles. The van der Waals surface area contributed by atoms with Crippen LogP contribution in [0.5, 0.6) is 17.2 Å². The summed E-state index contributed by atoms with van der Waals surface area (Å²) in [6.45, 7) is -0.243. The van der Waals surface area contributed by atoms with Crippen LogP contribution in [0.15, 0.2) is 54.7 Å². The van der Waals surface area contributed by atoms with Gasteiger partial charge in [0.25, 0.3) is 5.91 Å². The molecular formula is C24H18F2N4O5. The van der Waals surface area contributed by atoms with Crippen molar-refractivity contribution in [3.05, 3.63) is 66.4 Å². The second-order valence-corrected chi connectivity index (χ2v) is 8.10. The lowest BCUT2D eigenvalue weighted by Crippen LogP contribution is -2.41.